The van der Waals surface area contributed by atoms with Crippen LogP contribution in [0.4, 0.5) is 0 Å². The SMILES string of the molecule is CCc1cccc(C(O)(c2ccccn2)c2cc(-c3c(C)noc3C)cc3c2[nH]c[n+]3[O-])c1. The lowest BCUT2D eigenvalue weighted by atomic mass is 9.80. The first-order chi connectivity index (χ1) is 15.9. The second kappa shape index (κ2) is 7.86. The topological polar surface area (TPSA) is 102 Å². The molecule has 3 aromatic heterocycles. The van der Waals surface area contributed by atoms with Crippen LogP contribution in [-0.2, 0) is 12.0 Å². The fourth-order valence-corrected chi connectivity index (χ4v) is 4.50. The average Bonchev–Trinajstić information content (AvgIpc) is 3.39. The van der Waals surface area contributed by atoms with Crippen LogP contribution in [-0.4, -0.2) is 20.2 Å². The van der Waals surface area contributed by atoms with Gasteiger partial charge >= 0.3 is 0 Å². The first kappa shape index (κ1) is 20.9. The molecule has 1 atom stereocenters. The van der Waals surface area contributed by atoms with Gasteiger partial charge in [0.2, 0.25) is 6.33 Å². The van der Waals surface area contributed by atoms with E-state index >= 15 is 0 Å². The van der Waals surface area contributed by atoms with Crippen molar-refractivity contribution in [2.75, 3.05) is 0 Å². The third kappa shape index (κ3) is 3.29. The maximum Gasteiger partial charge on any atom is 0.245 e. The van der Waals surface area contributed by atoms with Crippen molar-refractivity contribution < 1.29 is 14.4 Å². The highest BCUT2D eigenvalue weighted by Crippen LogP contribution is 2.41. The van der Waals surface area contributed by atoms with Gasteiger partial charge in [-0.25, -0.2) is 9.71 Å². The Hall–Kier alpha value is -3.97. The van der Waals surface area contributed by atoms with Gasteiger partial charge in [-0.15, -0.1) is 0 Å². The van der Waals surface area contributed by atoms with E-state index < -0.39 is 5.60 Å². The summed E-state index contributed by atoms with van der Waals surface area (Å²) in [5.74, 6) is 0.639. The van der Waals surface area contributed by atoms with Crippen molar-refractivity contribution in [3.05, 3.63) is 106 Å². The van der Waals surface area contributed by atoms with Crippen molar-refractivity contribution in [3.8, 4) is 11.1 Å². The zero-order valence-electron chi connectivity index (χ0n) is 18.7. The molecule has 0 fully saturated rings. The van der Waals surface area contributed by atoms with Gasteiger partial charge in [0.15, 0.2) is 16.6 Å². The number of fused-ring (bicyclic) bond motifs is 1. The van der Waals surface area contributed by atoms with Crippen molar-refractivity contribution in [1.82, 2.24) is 15.1 Å². The maximum atomic E-state index is 12.7. The highest BCUT2D eigenvalue weighted by atomic mass is 16.5. The lowest BCUT2D eigenvalue weighted by molar-refractivity contribution is -0.576. The number of pyridine rings is 1. The van der Waals surface area contributed by atoms with E-state index in [1.54, 1.807) is 18.3 Å². The number of hydrogen-bond acceptors (Lipinski definition) is 5. The fourth-order valence-electron chi connectivity index (χ4n) is 4.50. The number of nitrogens with one attached hydrogen (secondary N) is 1. The average molecular weight is 441 g/mol. The Balaban J connectivity index is 1.89. The van der Waals surface area contributed by atoms with Crippen molar-refractivity contribution in [2.24, 2.45) is 0 Å². The van der Waals surface area contributed by atoms with Crippen LogP contribution in [0.5, 0.6) is 0 Å². The minimum Gasteiger partial charge on any atom is -0.710 e. The Morgan fingerprint density at radius 3 is 2.67 bits per heavy atom. The summed E-state index contributed by atoms with van der Waals surface area (Å²) in [7, 11) is 0. The molecule has 0 bridgehead atoms. The van der Waals surface area contributed by atoms with Crippen LogP contribution in [0.2, 0.25) is 0 Å². The molecule has 7 heteroatoms. The van der Waals surface area contributed by atoms with E-state index in [4.69, 9.17) is 4.52 Å². The Morgan fingerprint density at radius 2 is 1.97 bits per heavy atom. The highest BCUT2D eigenvalue weighted by molar-refractivity contribution is 5.85. The van der Waals surface area contributed by atoms with Gasteiger partial charge in [0.25, 0.3) is 0 Å². The van der Waals surface area contributed by atoms with Crippen molar-refractivity contribution >= 4 is 11.0 Å². The molecule has 5 aromatic rings. The Kier molecular flexibility index (Phi) is 4.98. The second-order valence-electron chi connectivity index (χ2n) is 8.20. The third-order valence-corrected chi connectivity index (χ3v) is 6.18. The molecule has 0 aliphatic heterocycles. The van der Waals surface area contributed by atoms with Crippen LogP contribution in [0.1, 0.15) is 40.8 Å². The fraction of sp³-hybridized carbons (Fsp3) is 0.192. The molecule has 1 unspecified atom stereocenters. The number of nitrogens with zero attached hydrogens (tertiary/aromatic N) is 3. The lowest BCUT2D eigenvalue weighted by Gasteiger charge is -2.29. The van der Waals surface area contributed by atoms with Crippen molar-refractivity contribution in [3.63, 3.8) is 0 Å². The van der Waals surface area contributed by atoms with Gasteiger partial charge < -0.3 is 14.8 Å². The zero-order valence-corrected chi connectivity index (χ0v) is 18.7. The monoisotopic (exact) mass is 440 g/mol. The summed E-state index contributed by atoms with van der Waals surface area (Å²) in [6, 6.07) is 16.9. The number of aryl methyl sites for hydroxylation is 3. The van der Waals surface area contributed by atoms with Gasteiger partial charge in [0.05, 0.1) is 11.4 Å². The normalized spacial score (nSPS) is 13.3. The van der Waals surface area contributed by atoms with Crippen molar-refractivity contribution in [2.45, 2.75) is 32.8 Å². The second-order valence-corrected chi connectivity index (χ2v) is 8.20. The van der Waals surface area contributed by atoms with Crippen LogP contribution in [0, 0.1) is 19.1 Å². The Morgan fingerprint density at radius 1 is 1.12 bits per heavy atom. The molecule has 2 N–H and O–H groups in total. The van der Waals surface area contributed by atoms with Crippen LogP contribution >= 0.6 is 0 Å². The van der Waals surface area contributed by atoms with E-state index in [0.717, 1.165) is 27.8 Å². The number of rotatable bonds is 5. The van der Waals surface area contributed by atoms with E-state index in [-0.39, 0.29) is 0 Å². The summed E-state index contributed by atoms with van der Waals surface area (Å²) in [5, 5.41) is 29.2. The molecule has 0 radical (unpaired) electrons. The smallest absolute Gasteiger partial charge is 0.245 e. The summed E-state index contributed by atoms with van der Waals surface area (Å²) in [4.78, 5) is 7.58. The molecule has 0 amide bonds. The summed E-state index contributed by atoms with van der Waals surface area (Å²) < 4.78 is 6.15. The molecule has 5 rings (SSSR count). The van der Waals surface area contributed by atoms with Crippen LogP contribution in [0.3, 0.4) is 0 Å². The molecule has 0 spiro atoms. The molecule has 0 aliphatic rings. The van der Waals surface area contributed by atoms with Crippen LogP contribution in [0.15, 0.2) is 71.6 Å². The maximum absolute atomic E-state index is 12.7. The van der Waals surface area contributed by atoms with Gasteiger partial charge in [0, 0.05) is 17.3 Å². The zero-order chi connectivity index (χ0) is 23.2. The molecule has 0 saturated heterocycles. The van der Waals surface area contributed by atoms with E-state index in [2.05, 4.69) is 22.0 Å². The molecule has 2 aromatic carbocycles. The molecule has 0 saturated carbocycles. The quantitative estimate of drug-likeness (QED) is 0.313. The molecule has 166 valence electrons. The van der Waals surface area contributed by atoms with Gasteiger partial charge in [-0.3, -0.25) is 4.98 Å². The number of hydrogen-bond donors (Lipinski definition) is 2. The molecule has 0 aliphatic carbocycles. The van der Waals surface area contributed by atoms with Gasteiger partial charge in [-0.1, -0.05) is 42.4 Å². The predicted molar refractivity (Wildman–Crippen MR) is 124 cm³/mol. The molecule has 7 nitrogen and oxygen atoms in total. The number of aromatic amines is 1. The summed E-state index contributed by atoms with van der Waals surface area (Å²) >= 11 is 0. The van der Waals surface area contributed by atoms with Crippen molar-refractivity contribution in [1.29, 1.82) is 0 Å². The van der Waals surface area contributed by atoms with Gasteiger partial charge in [-0.05, 0) is 61.2 Å². The minimum absolute atomic E-state index is 0.406. The molecular weight excluding hydrogens is 416 g/mol. The predicted octanol–water partition coefficient (Wildman–Crippen LogP) is 4.31. The molecular formula is C26H24N4O3. The van der Waals surface area contributed by atoms with Crippen LogP contribution < -0.4 is 4.73 Å². The van der Waals surface area contributed by atoms with Gasteiger partial charge in [-0.2, -0.15) is 0 Å². The largest absolute Gasteiger partial charge is 0.710 e. The lowest BCUT2D eigenvalue weighted by Crippen LogP contribution is -2.31. The van der Waals surface area contributed by atoms with E-state index in [9.17, 15) is 10.3 Å². The number of benzene rings is 2. The number of H-pyrrole nitrogens is 1. The highest BCUT2D eigenvalue weighted by Gasteiger charge is 2.39. The van der Waals surface area contributed by atoms with E-state index in [1.165, 1.54) is 6.33 Å². The van der Waals surface area contributed by atoms with Crippen LogP contribution in [0.25, 0.3) is 22.2 Å². The number of aromatic nitrogens is 4. The summed E-state index contributed by atoms with van der Waals surface area (Å²) in [6.45, 7) is 5.76. The van der Waals surface area contributed by atoms with E-state index in [1.807, 2.05) is 56.3 Å². The Labute approximate surface area is 190 Å². The number of aliphatic hydroxyl groups is 1. The number of imidazole rings is 1. The first-order valence-electron chi connectivity index (χ1n) is 10.8. The van der Waals surface area contributed by atoms with E-state index in [0.29, 0.717) is 39.3 Å². The first-order valence-corrected chi connectivity index (χ1v) is 10.8. The summed E-state index contributed by atoms with van der Waals surface area (Å²) in [6.07, 6.45) is 3.82. The molecule has 33 heavy (non-hydrogen) atoms. The minimum atomic E-state index is -1.61. The summed E-state index contributed by atoms with van der Waals surface area (Å²) in [5.41, 5.74) is 4.31. The molecule has 3 heterocycles. The van der Waals surface area contributed by atoms with Gasteiger partial charge in [0.1, 0.15) is 5.76 Å². The standard InChI is InChI=1S/C26H24N4O3/c1-4-18-8-7-9-20(12-18)26(31,23-10-5-6-11-27-23)21-13-19(24-16(2)29-33-17(24)3)14-22-25(21)28-15-30(22)32/h5-15,28,31H,4H2,1-3H3. The Bertz CT molecular complexity index is 1440. The third-order valence-electron chi connectivity index (χ3n) is 6.18.